The second-order valence-corrected chi connectivity index (χ2v) is 5.11. The lowest BCUT2D eigenvalue weighted by Crippen LogP contribution is -2.44. The molecule has 22 heavy (non-hydrogen) atoms. The SMILES string of the molecule is COC(=O)c1cc([C@H]2NC(=O)c3ccccc3N2C)oc1C. The minimum absolute atomic E-state index is 0.174. The molecular formula is C16H16N2O4. The topological polar surface area (TPSA) is 71.8 Å². The average Bonchev–Trinajstić information content (AvgIpc) is 2.92. The van der Waals surface area contributed by atoms with Crippen molar-refractivity contribution in [2.45, 2.75) is 13.1 Å². The van der Waals surface area contributed by atoms with E-state index in [0.29, 0.717) is 22.6 Å². The molecule has 1 atom stereocenters. The van der Waals surface area contributed by atoms with Gasteiger partial charge in [-0.2, -0.15) is 0 Å². The molecule has 0 aliphatic carbocycles. The molecule has 1 aliphatic heterocycles. The summed E-state index contributed by atoms with van der Waals surface area (Å²) in [5.41, 5.74) is 1.78. The Bertz CT molecular complexity index is 750. The molecule has 1 aromatic carbocycles. The highest BCUT2D eigenvalue weighted by molar-refractivity contribution is 6.02. The van der Waals surface area contributed by atoms with Crippen LogP contribution in [0.3, 0.4) is 0 Å². The summed E-state index contributed by atoms with van der Waals surface area (Å²) in [6.45, 7) is 1.69. The number of aryl methyl sites for hydroxylation is 1. The number of carbonyl (C=O) groups is 2. The summed E-state index contributed by atoms with van der Waals surface area (Å²) in [5, 5.41) is 2.88. The van der Waals surface area contributed by atoms with Crippen LogP contribution in [0.2, 0.25) is 0 Å². The third-order valence-corrected chi connectivity index (χ3v) is 3.80. The zero-order valence-corrected chi connectivity index (χ0v) is 12.5. The number of methoxy groups -OCH3 is 1. The molecule has 1 aromatic heterocycles. The summed E-state index contributed by atoms with van der Waals surface area (Å²) < 4.78 is 10.4. The highest BCUT2D eigenvalue weighted by Crippen LogP contribution is 2.33. The fraction of sp³-hybridized carbons (Fsp3) is 0.250. The van der Waals surface area contributed by atoms with Gasteiger partial charge in [-0.25, -0.2) is 4.79 Å². The quantitative estimate of drug-likeness (QED) is 0.861. The normalized spacial score (nSPS) is 17.0. The number of esters is 1. The minimum atomic E-state index is -0.473. The number of anilines is 1. The molecule has 114 valence electrons. The first-order valence-corrected chi connectivity index (χ1v) is 6.84. The number of hydrogen-bond acceptors (Lipinski definition) is 5. The number of benzene rings is 1. The minimum Gasteiger partial charge on any atom is -0.465 e. The number of para-hydroxylation sites is 1. The number of ether oxygens (including phenoxy) is 1. The summed E-state index contributed by atoms with van der Waals surface area (Å²) in [6, 6.07) is 8.94. The highest BCUT2D eigenvalue weighted by Gasteiger charge is 2.32. The van der Waals surface area contributed by atoms with Crippen LogP contribution in [0.5, 0.6) is 0 Å². The Balaban J connectivity index is 2.00. The number of furan rings is 1. The molecule has 0 unspecified atom stereocenters. The van der Waals surface area contributed by atoms with Gasteiger partial charge in [0.15, 0.2) is 6.17 Å². The molecule has 0 saturated carbocycles. The molecule has 1 aliphatic rings. The van der Waals surface area contributed by atoms with Crippen LogP contribution < -0.4 is 10.2 Å². The van der Waals surface area contributed by atoms with Crippen molar-refractivity contribution >= 4 is 17.6 Å². The van der Waals surface area contributed by atoms with E-state index in [1.807, 2.05) is 30.1 Å². The van der Waals surface area contributed by atoms with Crippen LogP contribution in [-0.4, -0.2) is 26.0 Å². The first-order chi connectivity index (χ1) is 10.5. The van der Waals surface area contributed by atoms with Crippen molar-refractivity contribution in [1.82, 2.24) is 5.32 Å². The van der Waals surface area contributed by atoms with Crippen molar-refractivity contribution in [2.75, 3.05) is 19.1 Å². The lowest BCUT2D eigenvalue weighted by Gasteiger charge is -2.34. The lowest BCUT2D eigenvalue weighted by molar-refractivity contribution is 0.0598. The van der Waals surface area contributed by atoms with Crippen molar-refractivity contribution in [3.05, 3.63) is 53.0 Å². The van der Waals surface area contributed by atoms with Crippen LogP contribution in [0.25, 0.3) is 0 Å². The molecule has 2 aromatic rings. The predicted molar refractivity (Wildman–Crippen MR) is 79.8 cm³/mol. The Morgan fingerprint density at radius 3 is 2.82 bits per heavy atom. The van der Waals surface area contributed by atoms with Crippen LogP contribution in [-0.2, 0) is 4.74 Å². The fourth-order valence-electron chi connectivity index (χ4n) is 2.63. The number of hydrogen-bond donors (Lipinski definition) is 1. The number of nitrogens with zero attached hydrogens (tertiary/aromatic N) is 1. The molecule has 0 bridgehead atoms. The van der Waals surface area contributed by atoms with E-state index in [1.165, 1.54) is 7.11 Å². The Morgan fingerprint density at radius 1 is 1.36 bits per heavy atom. The molecule has 2 heterocycles. The first-order valence-electron chi connectivity index (χ1n) is 6.84. The van der Waals surface area contributed by atoms with Gasteiger partial charge >= 0.3 is 5.97 Å². The second-order valence-electron chi connectivity index (χ2n) is 5.11. The lowest BCUT2D eigenvalue weighted by atomic mass is 10.1. The summed E-state index contributed by atoms with van der Waals surface area (Å²) in [4.78, 5) is 25.8. The molecule has 0 radical (unpaired) electrons. The Hall–Kier alpha value is -2.76. The van der Waals surface area contributed by atoms with E-state index in [4.69, 9.17) is 9.15 Å². The van der Waals surface area contributed by atoms with Crippen molar-refractivity contribution < 1.29 is 18.7 Å². The standard InChI is InChI=1S/C16H16N2O4/c1-9-11(16(20)21-3)8-13(22-9)14-17-15(19)10-6-4-5-7-12(10)18(14)2/h4-8,14H,1-3H3,(H,17,19)/t14-/m0/s1. The summed E-state index contributed by atoms with van der Waals surface area (Å²) >= 11 is 0. The van der Waals surface area contributed by atoms with Crippen LogP contribution >= 0.6 is 0 Å². The smallest absolute Gasteiger partial charge is 0.341 e. The van der Waals surface area contributed by atoms with E-state index in [1.54, 1.807) is 19.1 Å². The average molecular weight is 300 g/mol. The zero-order chi connectivity index (χ0) is 15.9. The third-order valence-electron chi connectivity index (χ3n) is 3.80. The largest absolute Gasteiger partial charge is 0.465 e. The second kappa shape index (κ2) is 5.22. The van der Waals surface area contributed by atoms with Crippen molar-refractivity contribution in [3.8, 4) is 0 Å². The number of fused-ring (bicyclic) bond motifs is 1. The highest BCUT2D eigenvalue weighted by atomic mass is 16.5. The molecule has 6 nitrogen and oxygen atoms in total. The van der Waals surface area contributed by atoms with Gasteiger partial charge in [-0.15, -0.1) is 0 Å². The van der Waals surface area contributed by atoms with Gasteiger partial charge in [0.2, 0.25) is 0 Å². The van der Waals surface area contributed by atoms with E-state index >= 15 is 0 Å². The van der Waals surface area contributed by atoms with E-state index in [2.05, 4.69) is 5.32 Å². The van der Waals surface area contributed by atoms with Gasteiger partial charge in [-0.1, -0.05) is 12.1 Å². The van der Waals surface area contributed by atoms with Crippen LogP contribution in [0.4, 0.5) is 5.69 Å². The van der Waals surface area contributed by atoms with Crippen LogP contribution in [0, 0.1) is 6.92 Å². The molecular weight excluding hydrogens is 284 g/mol. The molecule has 1 N–H and O–H groups in total. The van der Waals surface area contributed by atoms with Gasteiger partial charge in [-0.3, -0.25) is 4.79 Å². The van der Waals surface area contributed by atoms with Crippen molar-refractivity contribution in [3.63, 3.8) is 0 Å². The summed E-state index contributed by atoms with van der Waals surface area (Å²) in [6.07, 6.45) is -0.473. The summed E-state index contributed by atoms with van der Waals surface area (Å²) in [5.74, 6) is 0.316. The molecule has 0 saturated heterocycles. The van der Waals surface area contributed by atoms with Crippen LogP contribution in [0.1, 0.15) is 38.4 Å². The number of carbonyl (C=O) groups excluding carboxylic acids is 2. The molecule has 6 heteroatoms. The fourth-order valence-corrected chi connectivity index (χ4v) is 2.63. The molecule has 1 amide bonds. The van der Waals surface area contributed by atoms with E-state index in [-0.39, 0.29) is 5.91 Å². The van der Waals surface area contributed by atoms with Gasteiger partial charge in [0, 0.05) is 7.05 Å². The van der Waals surface area contributed by atoms with Crippen molar-refractivity contribution in [1.29, 1.82) is 0 Å². The Morgan fingerprint density at radius 2 is 2.09 bits per heavy atom. The molecule has 0 fully saturated rings. The Kier molecular flexibility index (Phi) is 3.36. The maximum Gasteiger partial charge on any atom is 0.341 e. The third kappa shape index (κ3) is 2.13. The predicted octanol–water partition coefficient (Wildman–Crippen LogP) is 2.25. The van der Waals surface area contributed by atoms with E-state index in [9.17, 15) is 9.59 Å². The van der Waals surface area contributed by atoms with E-state index < -0.39 is 12.1 Å². The maximum atomic E-state index is 12.2. The zero-order valence-electron chi connectivity index (χ0n) is 12.5. The molecule has 3 rings (SSSR count). The maximum absolute atomic E-state index is 12.2. The summed E-state index contributed by atoms with van der Waals surface area (Å²) in [7, 11) is 3.18. The monoisotopic (exact) mass is 300 g/mol. The van der Waals surface area contributed by atoms with Crippen molar-refractivity contribution in [2.24, 2.45) is 0 Å². The van der Waals surface area contributed by atoms with Crippen LogP contribution in [0.15, 0.2) is 34.7 Å². The molecule has 0 spiro atoms. The first kappa shape index (κ1) is 14.2. The Labute approximate surface area is 127 Å². The van der Waals surface area contributed by atoms with Gasteiger partial charge < -0.3 is 19.4 Å². The van der Waals surface area contributed by atoms with Gasteiger partial charge in [-0.05, 0) is 25.1 Å². The van der Waals surface area contributed by atoms with Gasteiger partial charge in [0.1, 0.15) is 17.1 Å². The van der Waals surface area contributed by atoms with Gasteiger partial charge in [0.05, 0.1) is 18.4 Å². The number of nitrogens with one attached hydrogen (secondary N) is 1. The number of amides is 1. The van der Waals surface area contributed by atoms with Gasteiger partial charge in [0.25, 0.3) is 5.91 Å². The number of rotatable bonds is 2. The van der Waals surface area contributed by atoms with E-state index in [0.717, 1.165) is 5.69 Å².